The first-order valence-electron chi connectivity index (χ1n) is 2.36. The molecule has 0 bridgehead atoms. The molecular formula is C4H5F3N2O2. The van der Waals surface area contributed by atoms with Crippen LogP contribution in [-0.2, 0) is 4.79 Å². The van der Waals surface area contributed by atoms with Crippen LogP contribution in [0.15, 0.2) is 11.8 Å². The fourth-order valence-electron chi connectivity index (χ4n) is 0.329. The minimum absolute atomic E-state index is 0.435. The van der Waals surface area contributed by atoms with Gasteiger partial charge in [-0.3, -0.25) is 5.84 Å². The number of carboxylic acids is 1. The predicted molar refractivity (Wildman–Crippen MR) is 29.1 cm³/mol. The van der Waals surface area contributed by atoms with Crippen molar-refractivity contribution in [1.82, 2.24) is 5.43 Å². The Bertz CT molecular complexity index is 186. The van der Waals surface area contributed by atoms with Crippen molar-refractivity contribution in [1.29, 1.82) is 0 Å². The molecule has 4 N–H and O–H groups in total. The minimum Gasteiger partial charge on any atom is -0.477 e. The number of aliphatic carboxylic acids is 1. The van der Waals surface area contributed by atoms with E-state index in [1.165, 1.54) is 5.43 Å². The van der Waals surface area contributed by atoms with Gasteiger partial charge in [-0.05, 0) is 0 Å². The first-order chi connectivity index (χ1) is 4.87. The Kier molecular flexibility index (Phi) is 2.87. The molecule has 0 saturated carbocycles. The van der Waals surface area contributed by atoms with Gasteiger partial charge in [-0.2, -0.15) is 13.2 Å². The van der Waals surface area contributed by atoms with Gasteiger partial charge in [-0.25, -0.2) is 4.79 Å². The maximum Gasteiger partial charge on any atom is 0.412 e. The van der Waals surface area contributed by atoms with Gasteiger partial charge in [0.1, 0.15) is 5.70 Å². The molecule has 0 spiro atoms. The maximum atomic E-state index is 11.4. The fourth-order valence-corrected chi connectivity index (χ4v) is 0.329. The third-order valence-corrected chi connectivity index (χ3v) is 0.694. The number of carbonyl (C=O) groups is 1. The number of hydrogen-bond donors (Lipinski definition) is 3. The summed E-state index contributed by atoms with van der Waals surface area (Å²) in [5.74, 6) is 2.72. The Balaban J connectivity index is 4.49. The van der Waals surface area contributed by atoms with Crippen LogP contribution in [0.1, 0.15) is 0 Å². The van der Waals surface area contributed by atoms with Crippen molar-refractivity contribution in [2.45, 2.75) is 6.18 Å². The van der Waals surface area contributed by atoms with E-state index >= 15 is 0 Å². The van der Waals surface area contributed by atoms with Gasteiger partial charge in [-0.1, -0.05) is 0 Å². The SMILES string of the molecule is NN/C(=C\C(F)(F)F)C(=O)O. The second-order valence-corrected chi connectivity index (χ2v) is 1.55. The lowest BCUT2D eigenvalue weighted by Crippen LogP contribution is -2.28. The molecule has 0 aliphatic carbocycles. The number of carboxylic acid groups (broad SMARTS) is 1. The summed E-state index contributed by atoms with van der Waals surface area (Å²) in [6.45, 7) is 0. The summed E-state index contributed by atoms with van der Waals surface area (Å²) in [4.78, 5) is 9.90. The highest BCUT2D eigenvalue weighted by atomic mass is 19.4. The van der Waals surface area contributed by atoms with Crippen LogP contribution in [0.2, 0.25) is 0 Å². The minimum atomic E-state index is -4.68. The van der Waals surface area contributed by atoms with E-state index in [0.717, 1.165) is 0 Å². The van der Waals surface area contributed by atoms with Gasteiger partial charge in [0.15, 0.2) is 0 Å². The number of allylic oxidation sites excluding steroid dienone is 1. The maximum absolute atomic E-state index is 11.4. The summed E-state index contributed by atoms with van der Waals surface area (Å²) in [6.07, 6.45) is -5.12. The molecule has 0 unspecified atom stereocenters. The molecule has 0 aromatic heterocycles. The molecule has 0 radical (unpaired) electrons. The molecule has 0 atom stereocenters. The van der Waals surface area contributed by atoms with Crippen LogP contribution in [-0.4, -0.2) is 17.3 Å². The Morgan fingerprint density at radius 1 is 1.55 bits per heavy atom. The molecule has 0 aliphatic heterocycles. The van der Waals surface area contributed by atoms with E-state index < -0.39 is 23.9 Å². The molecule has 0 aromatic rings. The summed E-state index contributed by atoms with van der Waals surface area (Å²) in [5, 5.41) is 8.03. The second-order valence-electron chi connectivity index (χ2n) is 1.55. The third-order valence-electron chi connectivity index (χ3n) is 0.694. The van der Waals surface area contributed by atoms with Crippen molar-refractivity contribution in [3.63, 3.8) is 0 Å². The molecular weight excluding hydrogens is 165 g/mol. The average molecular weight is 170 g/mol. The topological polar surface area (TPSA) is 75.3 Å². The van der Waals surface area contributed by atoms with E-state index in [1.807, 2.05) is 0 Å². The van der Waals surface area contributed by atoms with Crippen LogP contribution < -0.4 is 11.3 Å². The van der Waals surface area contributed by atoms with Crippen LogP contribution in [0.5, 0.6) is 0 Å². The number of alkyl halides is 3. The lowest BCUT2D eigenvalue weighted by atomic mass is 10.4. The first-order valence-corrected chi connectivity index (χ1v) is 2.36. The zero-order valence-electron chi connectivity index (χ0n) is 5.14. The van der Waals surface area contributed by atoms with Crippen molar-refractivity contribution in [2.24, 2.45) is 5.84 Å². The van der Waals surface area contributed by atoms with Gasteiger partial charge in [0.2, 0.25) is 0 Å². The summed E-state index contributed by atoms with van der Waals surface area (Å²) < 4.78 is 34.3. The summed E-state index contributed by atoms with van der Waals surface area (Å²) >= 11 is 0. The van der Waals surface area contributed by atoms with Gasteiger partial charge < -0.3 is 10.5 Å². The lowest BCUT2D eigenvalue weighted by Gasteiger charge is -2.02. The number of hydrazine groups is 1. The molecule has 0 aliphatic rings. The van der Waals surface area contributed by atoms with Gasteiger partial charge >= 0.3 is 12.1 Å². The number of nitrogens with two attached hydrogens (primary N) is 1. The van der Waals surface area contributed by atoms with Gasteiger partial charge in [-0.15, -0.1) is 0 Å². The Morgan fingerprint density at radius 3 is 2.09 bits per heavy atom. The molecule has 0 saturated heterocycles. The van der Waals surface area contributed by atoms with E-state index in [2.05, 4.69) is 5.84 Å². The Morgan fingerprint density at radius 2 is 2.00 bits per heavy atom. The van der Waals surface area contributed by atoms with Crippen molar-refractivity contribution < 1.29 is 23.1 Å². The Hall–Kier alpha value is -1.24. The largest absolute Gasteiger partial charge is 0.477 e. The smallest absolute Gasteiger partial charge is 0.412 e. The van der Waals surface area contributed by atoms with Crippen LogP contribution in [0, 0.1) is 0 Å². The van der Waals surface area contributed by atoms with Crippen LogP contribution >= 0.6 is 0 Å². The molecule has 11 heavy (non-hydrogen) atoms. The monoisotopic (exact) mass is 170 g/mol. The highest BCUT2D eigenvalue weighted by Crippen LogP contribution is 2.17. The van der Waals surface area contributed by atoms with Crippen LogP contribution in [0.4, 0.5) is 13.2 Å². The average Bonchev–Trinajstić information content (AvgIpc) is 1.80. The number of hydrogen-bond acceptors (Lipinski definition) is 3. The second kappa shape index (κ2) is 3.24. The zero-order chi connectivity index (χ0) is 9.07. The highest BCUT2D eigenvalue weighted by Gasteiger charge is 2.26. The standard InChI is InChI=1S/C4H5F3N2O2/c5-4(6,7)1-2(9-8)3(10)11/h1,9H,8H2,(H,10,11)/b2-1-. The third kappa shape index (κ3) is 4.20. The summed E-state index contributed by atoms with van der Waals surface area (Å²) in [6, 6.07) is 0. The number of nitrogens with one attached hydrogen (secondary N) is 1. The summed E-state index contributed by atoms with van der Waals surface area (Å²) in [5.41, 5.74) is 0.300. The van der Waals surface area contributed by atoms with E-state index in [1.54, 1.807) is 0 Å². The van der Waals surface area contributed by atoms with Gasteiger partial charge in [0.25, 0.3) is 0 Å². The van der Waals surface area contributed by atoms with E-state index in [9.17, 15) is 18.0 Å². The quantitative estimate of drug-likeness (QED) is 0.309. The van der Waals surface area contributed by atoms with Gasteiger partial charge in [0, 0.05) is 0 Å². The van der Waals surface area contributed by atoms with Crippen LogP contribution in [0.3, 0.4) is 0 Å². The molecule has 0 heterocycles. The normalized spacial score (nSPS) is 12.9. The van der Waals surface area contributed by atoms with Crippen molar-refractivity contribution >= 4 is 5.97 Å². The molecule has 64 valence electrons. The molecule has 0 amide bonds. The van der Waals surface area contributed by atoms with Crippen molar-refractivity contribution in [3.05, 3.63) is 11.8 Å². The first kappa shape index (κ1) is 9.76. The fraction of sp³-hybridized carbons (Fsp3) is 0.250. The number of halogens is 3. The van der Waals surface area contributed by atoms with E-state index in [-0.39, 0.29) is 0 Å². The predicted octanol–water partition coefficient (Wildman–Crippen LogP) is -0.0195. The number of rotatable bonds is 2. The van der Waals surface area contributed by atoms with E-state index in [4.69, 9.17) is 5.11 Å². The molecule has 0 rings (SSSR count). The molecule has 7 heteroatoms. The highest BCUT2D eigenvalue weighted by molar-refractivity contribution is 5.85. The lowest BCUT2D eigenvalue weighted by molar-refractivity contribution is -0.134. The molecule has 4 nitrogen and oxygen atoms in total. The van der Waals surface area contributed by atoms with Crippen LogP contribution in [0.25, 0.3) is 0 Å². The summed E-state index contributed by atoms with van der Waals surface area (Å²) in [7, 11) is 0. The van der Waals surface area contributed by atoms with E-state index in [0.29, 0.717) is 0 Å². The molecule has 0 aromatic carbocycles. The van der Waals surface area contributed by atoms with Gasteiger partial charge in [0.05, 0.1) is 6.08 Å². The van der Waals surface area contributed by atoms with Crippen molar-refractivity contribution in [2.75, 3.05) is 0 Å². The molecule has 0 fully saturated rings. The zero-order valence-corrected chi connectivity index (χ0v) is 5.14. The van der Waals surface area contributed by atoms with Crippen molar-refractivity contribution in [3.8, 4) is 0 Å². The Labute approximate surface area is 59.5 Å².